The van der Waals surface area contributed by atoms with Crippen LogP contribution in [0, 0.1) is 0 Å². The fraction of sp³-hybridized carbons (Fsp3) is 0. The van der Waals surface area contributed by atoms with Crippen LogP contribution in [-0.2, 0) is 0 Å². The predicted octanol–water partition coefficient (Wildman–Crippen LogP) is 12.6. The zero-order chi connectivity index (χ0) is 39.3. The molecule has 0 fully saturated rings. The SMILES string of the molecule is [2H]c1c([2H])c([2H])c2c(-c3cccc4ccccc34)c3c([2H])c([2H])c([2H])c([2H])c3c(-c3ccc(-c4nc5ccccc5n4-c4cccc5ccccc45)cc3)c2c1[2H]. The Labute approximate surface area is 295 Å². The zero-order valence-corrected chi connectivity index (χ0v) is 26.1. The molecule has 2 nitrogen and oxygen atoms in total. The first-order valence-corrected chi connectivity index (χ1v) is 16.2. The summed E-state index contributed by atoms with van der Waals surface area (Å²) in [6.45, 7) is 0. The number of rotatable bonds is 4. The number of hydrogen-bond donors (Lipinski definition) is 0. The fourth-order valence-corrected chi connectivity index (χ4v) is 7.28. The molecule has 228 valence electrons. The van der Waals surface area contributed by atoms with Crippen molar-refractivity contribution in [1.29, 1.82) is 0 Å². The third kappa shape index (κ3) is 4.31. The summed E-state index contributed by atoms with van der Waals surface area (Å²) in [7, 11) is 0. The maximum atomic E-state index is 9.37. The second-order valence-corrected chi connectivity index (χ2v) is 12.1. The van der Waals surface area contributed by atoms with Gasteiger partial charge in [0.05, 0.1) is 27.7 Å². The van der Waals surface area contributed by atoms with E-state index in [4.69, 9.17) is 10.5 Å². The van der Waals surface area contributed by atoms with Gasteiger partial charge < -0.3 is 0 Å². The molecule has 1 heterocycles. The van der Waals surface area contributed by atoms with Crippen molar-refractivity contribution < 1.29 is 11.0 Å². The van der Waals surface area contributed by atoms with E-state index in [1.54, 1.807) is 0 Å². The first-order chi connectivity index (χ1) is 27.7. The van der Waals surface area contributed by atoms with Crippen molar-refractivity contribution in [3.63, 3.8) is 0 Å². The molecule has 1 aromatic heterocycles. The van der Waals surface area contributed by atoms with Crippen molar-refractivity contribution in [2.75, 3.05) is 0 Å². The topological polar surface area (TPSA) is 17.8 Å². The maximum absolute atomic E-state index is 9.37. The van der Waals surface area contributed by atoms with Crippen LogP contribution in [0.1, 0.15) is 11.0 Å². The standard InChI is InChI=1S/C47H30N2/c1-3-17-35-31(13-1)15-11-23-37(35)46-40-21-7-5-19-38(40)45(39-20-6-8-22-41(39)46)33-27-29-34(30-28-33)47-48-42-24-9-10-25-44(42)49(47)43-26-12-16-32-14-2-4-18-36(32)43/h1-30H/i5D,6D,7D,8D,19D,20D,21D,22D. The van der Waals surface area contributed by atoms with E-state index in [-0.39, 0.29) is 45.7 Å². The Bertz CT molecular complexity index is 3240. The molecule has 0 unspecified atom stereocenters. The molecule has 0 spiro atoms. The van der Waals surface area contributed by atoms with Crippen molar-refractivity contribution in [3.05, 3.63) is 182 Å². The largest absolute Gasteiger partial charge is 0.292 e. The minimum Gasteiger partial charge on any atom is -0.292 e. The number of benzene rings is 9. The molecule has 0 N–H and O–H groups in total. The molecule has 0 aliphatic carbocycles. The van der Waals surface area contributed by atoms with E-state index in [2.05, 4.69) is 28.8 Å². The van der Waals surface area contributed by atoms with Gasteiger partial charge in [-0.2, -0.15) is 0 Å². The average Bonchev–Trinajstić information content (AvgIpc) is 3.64. The molecular weight excluding hydrogens is 593 g/mol. The van der Waals surface area contributed by atoms with E-state index in [1.807, 2.05) is 109 Å². The third-order valence-corrected chi connectivity index (χ3v) is 9.43. The van der Waals surface area contributed by atoms with Crippen LogP contribution in [-0.4, -0.2) is 9.55 Å². The van der Waals surface area contributed by atoms with Gasteiger partial charge in [0.15, 0.2) is 0 Å². The van der Waals surface area contributed by atoms with Crippen LogP contribution < -0.4 is 0 Å². The lowest BCUT2D eigenvalue weighted by Crippen LogP contribution is -1.98. The van der Waals surface area contributed by atoms with Crippen molar-refractivity contribution in [2.45, 2.75) is 0 Å². The minimum absolute atomic E-state index is 0.178. The van der Waals surface area contributed by atoms with Crippen molar-refractivity contribution in [1.82, 2.24) is 9.55 Å². The van der Waals surface area contributed by atoms with Crippen LogP contribution in [0.3, 0.4) is 0 Å². The number of nitrogens with zero attached hydrogens (tertiary/aromatic N) is 2. The van der Waals surface area contributed by atoms with Crippen molar-refractivity contribution in [3.8, 4) is 39.3 Å². The van der Waals surface area contributed by atoms with Gasteiger partial charge in [-0.25, -0.2) is 4.98 Å². The molecule has 9 aromatic carbocycles. The summed E-state index contributed by atoms with van der Waals surface area (Å²) in [5, 5.41) is 4.55. The highest BCUT2D eigenvalue weighted by Crippen LogP contribution is 2.45. The van der Waals surface area contributed by atoms with Gasteiger partial charge in [0.1, 0.15) is 5.82 Å². The first kappa shape index (κ1) is 20.7. The van der Waals surface area contributed by atoms with E-state index < -0.39 is 24.2 Å². The van der Waals surface area contributed by atoms with Crippen LogP contribution in [0.2, 0.25) is 0 Å². The summed E-state index contributed by atoms with van der Waals surface area (Å²) in [4.78, 5) is 5.09. The average molecular weight is 631 g/mol. The van der Waals surface area contributed by atoms with Crippen LogP contribution in [0.5, 0.6) is 0 Å². The molecule has 0 saturated heterocycles. The zero-order valence-electron chi connectivity index (χ0n) is 34.1. The smallest absolute Gasteiger partial charge is 0.145 e. The summed E-state index contributed by atoms with van der Waals surface area (Å²) in [6, 6.07) is 40.3. The molecule has 10 aromatic rings. The molecule has 49 heavy (non-hydrogen) atoms. The highest BCUT2D eigenvalue weighted by molar-refractivity contribution is 6.23. The van der Waals surface area contributed by atoms with Gasteiger partial charge in [-0.1, -0.05) is 164 Å². The summed E-state index contributed by atoms with van der Waals surface area (Å²) in [5.41, 5.74) is 5.27. The minimum atomic E-state index is -0.432. The molecule has 10 rings (SSSR count). The van der Waals surface area contributed by atoms with E-state index in [0.29, 0.717) is 28.1 Å². The molecule has 0 bridgehead atoms. The molecular formula is C47H30N2. The Hall–Kier alpha value is -6.51. The van der Waals surface area contributed by atoms with Crippen LogP contribution in [0.4, 0.5) is 0 Å². The summed E-state index contributed by atoms with van der Waals surface area (Å²) in [6.07, 6.45) is 0. The van der Waals surface area contributed by atoms with E-state index in [1.165, 1.54) is 0 Å². The molecule has 0 aliphatic heterocycles. The van der Waals surface area contributed by atoms with Crippen LogP contribution >= 0.6 is 0 Å². The Balaban J connectivity index is 1.31. The second-order valence-electron chi connectivity index (χ2n) is 12.1. The Morgan fingerprint density at radius 2 is 0.959 bits per heavy atom. The molecule has 0 amide bonds. The Morgan fingerprint density at radius 3 is 1.67 bits per heavy atom. The van der Waals surface area contributed by atoms with Gasteiger partial charge in [0.2, 0.25) is 0 Å². The second kappa shape index (κ2) is 11.0. The maximum Gasteiger partial charge on any atom is 0.145 e. The summed E-state index contributed by atoms with van der Waals surface area (Å²) < 4.78 is 74.8. The molecule has 0 aliphatic rings. The highest BCUT2D eigenvalue weighted by Gasteiger charge is 2.19. The Kier molecular flexibility index (Phi) is 4.66. The number of fused-ring (bicyclic) bond motifs is 5. The fourth-order valence-electron chi connectivity index (χ4n) is 7.28. The molecule has 0 saturated carbocycles. The lowest BCUT2D eigenvalue weighted by atomic mass is 9.84. The van der Waals surface area contributed by atoms with Gasteiger partial charge >= 0.3 is 0 Å². The van der Waals surface area contributed by atoms with Gasteiger partial charge in [0.25, 0.3) is 0 Å². The highest BCUT2D eigenvalue weighted by atomic mass is 15.1. The number of imidazole rings is 1. The Morgan fingerprint density at radius 1 is 0.429 bits per heavy atom. The van der Waals surface area contributed by atoms with Crippen molar-refractivity contribution in [2.24, 2.45) is 0 Å². The molecule has 2 heteroatoms. The van der Waals surface area contributed by atoms with E-state index in [0.717, 1.165) is 43.8 Å². The monoisotopic (exact) mass is 630 g/mol. The van der Waals surface area contributed by atoms with Gasteiger partial charge in [-0.3, -0.25) is 4.57 Å². The lowest BCUT2D eigenvalue weighted by molar-refractivity contribution is 1.11. The summed E-state index contributed by atoms with van der Waals surface area (Å²) >= 11 is 0. The molecule has 0 radical (unpaired) electrons. The number of para-hydroxylation sites is 2. The lowest BCUT2D eigenvalue weighted by Gasteiger charge is -2.19. The number of hydrogen-bond acceptors (Lipinski definition) is 1. The predicted molar refractivity (Wildman–Crippen MR) is 207 cm³/mol. The third-order valence-electron chi connectivity index (χ3n) is 9.43. The number of aromatic nitrogens is 2. The van der Waals surface area contributed by atoms with Gasteiger partial charge in [-0.15, -0.1) is 0 Å². The van der Waals surface area contributed by atoms with E-state index in [9.17, 15) is 5.48 Å². The van der Waals surface area contributed by atoms with Gasteiger partial charge in [0, 0.05) is 10.9 Å². The van der Waals surface area contributed by atoms with E-state index >= 15 is 0 Å². The normalized spacial score (nSPS) is 14.0. The van der Waals surface area contributed by atoms with Crippen LogP contribution in [0.25, 0.3) is 93.5 Å². The quantitative estimate of drug-likeness (QED) is 0.177. The molecule has 0 atom stereocenters. The van der Waals surface area contributed by atoms with Crippen LogP contribution in [0.15, 0.2) is 182 Å². The van der Waals surface area contributed by atoms with Crippen molar-refractivity contribution >= 4 is 54.1 Å². The first-order valence-electron chi connectivity index (χ1n) is 20.2. The van der Waals surface area contributed by atoms with Gasteiger partial charge in [-0.05, 0) is 78.2 Å². The summed E-state index contributed by atoms with van der Waals surface area (Å²) in [5.74, 6) is 0.698.